The van der Waals surface area contributed by atoms with Crippen molar-refractivity contribution in [3.8, 4) is 5.69 Å². The molecule has 0 unspecified atom stereocenters. The maximum absolute atomic E-state index is 12.6. The van der Waals surface area contributed by atoms with Crippen molar-refractivity contribution in [1.29, 1.82) is 0 Å². The van der Waals surface area contributed by atoms with Gasteiger partial charge in [0.2, 0.25) is 0 Å². The van der Waals surface area contributed by atoms with Crippen molar-refractivity contribution in [3.63, 3.8) is 0 Å². The number of nitrogens with zero attached hydrogens (tertiary/aromatic N) is 2. The van der Waals surface area contributed by atoms with E-state index in [-0.39, 0.29) is 6.04 Å². The van der Waals surface area contributed by atoms with Crippen LogP contribution < -0.4 is 5.73 Å². The molecule has 0 aliphatic carbocycles. The van der Waals surface area contributed by atoms with Gasteiger partial charge in [0.25, 0.3) is 0 Å². The van der Waals surface area contributed by atoms with Crippen molar-refractivity contribution in [2.45, 2.75) is 25.6 Å². The predicted molar refractivity (Wildman–Crippen MR) is 65.8 cm³/mol. The number of aromatic nitrogens is 2. The molecule has 0 saturated heterocycles. The number of benzene rings is 1. The molecular weight excluding hydrogens is 255 g/mol. The fourth-order valence-electron chi connectivity index (χ4n) is 1.83. The van der Waals surface area contributed by atoms with Crippen LogP contribution in [-0.2, 0) is 6.18 Å². The summed E-state index contributed by atoms with van der Waals surface area (Å²) < 4.78 is 38.9. The lowest BCUT2D eigenvalue weighted by Gasteiger charge is -2.14. The van der Waals surface area contributed by atoms with Gasteiger partial charge in [-0.05, 0) is 18.1 Å². The monoisotopic (exact) mass is 269 g/mol. The fraction of sp³-hybridized carbons (Fsp3) is 0.308. The normalized spacial score (nSPS) is 13.5. The summed E-state index contributed by atoms with van der Waals surface area (Å²) >= 11 is 0. The lowest BCUT2D eigenvalue weighted by molar-refractivity contribution is -0.137. The summed E-state index contributed by atoms with van der Waals surface area (Å²) in [7, 11) is 0. The van der Waals surface area contributed by atoms with Crippen molar-refractivity contribution in [2.24, 2.45) is 5.73 Å². The number of nitrogens with two attached hydrogens (primary N) is 1. The fourth-order valence-corrected chi connectivity index (χ4v) is 1.83. The highest BCUT2D eigenvalue weighted by molar-refractivity contribution is 5.42. The summed E-state index contributed by atoms with van der Waals surface area (Å²) in [6.07, 6.45) is -1.90. The van der Waals surface area contributed by atoms with E-state index in [2.05, 4.69) is 5.10 Å². The van der Waals surface area contributed by atoms with E-state index >= 15 is 0 Å². The van der Waals surface area contributed by atoms with Gasteiger partial charge in [-0.3, -0.25) is 0 Å². The molecule has 0 fully saturated rings. The third-order valence-corrected chi connectivity index (χ3v) is 2.93. The third kappa shape index (κ3) is 2.78. The van der Waals surface area contributed by atoms with E-state index in [1.165, 1.54) is 4.68 Å². The Hall–Kier alpha value is -1.82. The summed E-state index contributed by atoms with van der Waals surface area (Å²) in [5.41, 5.74) is 6.55. The van der Waals surface area contributed by atoms with E-state index in [1.54, 1.807) is 18.2 Å². The van der Waals surface area contributed by atoms with Crippen LogP contribution in [0.5, 0.6) is 0 Å². The zero-order chi connectivity index (χ0) is 14.0. The Morgan fingerprint density at radius 3 is 2.58 bits per heavy atom. The van der Waals surface area contributed by atoms with Crippen LogP contribution in [0, 0.1) is 0 Å². The quantitative estimate of drug-likeness (QED) is 0.929. The van der Waals surface area contributed by atoms with E-state index < -0.39 is 11.7 Å². The second kappa shape index (κ2) is 5.05. The molecule has 2 rings (SSSR count). The second-order valence-corrected chi connectivity index (χ2v) is 4.24. The minimum absolute atomic E-state index is 0.227. The van der Waals surface area contributed by atoms with Gasteiger partial charge in [-0.2, -0.15) is 18.3 Å². The highest BCUT2D eigenvalue weighted by Gasteiger charge is 2.32. The van der Waals surface area contributed by atoms with Gasteiger partial charge < -0.3 is 5.73 Å². The van der Waals surface area contributed by atoms with Gasteiger partial charge >= 0.3 is 6.18 Å². The minimum Gasteiger partial charge on any atom is -0.324 e. The van der Waals surface area contributed by atoms with Gasteiger partial charge in [0.05, 0.1) is 17.4 Å². The standard InChI is InChI=1S/C13H14F3N3/c1-2-11(17)10-5-3-4-6-12(10)19-8-9(7-18-19)13(14,15)16/h3-8,11H,2,17H2,1H3/t11-/m1/s1. The lowest BCUT2D eigenvalue weighted by atomic mass is 10.0. The summed E-state index contributed by atoms with van der Waals surface area (Å²) in [5, 5.41) is 3.77. The molecule has 0 amide bonds. The smallest absolute Gasteiger partial charge is 0.324 e. The minimum atomic E-state index is -4.39. The average molecular weight is 269 g/mol. The van der Waals surface area contributed by atoms with E-state index in [1.807, 2.05) is 13.0 Å². The Kier molecular flexibility index (Phi) is 3.61. The largest absolute Gasteiger partial charge is 0.419 e. The first kappa shape index (κ1) is 13.6. The van der Waals surface area contributed by atoms with Crippen LogP contribution in [0.25, 0.3) is 5.69 Å². The molecule has 1 atom stereocenters. The lowest BCUT2D eigenvalue weighted by Crippen LogP contribution is -2.12. The number of para-hydroxylation sites is 1. The maximum atomic E-state index is 12.6. The van der Waals surface area contributed by atoms with Crippen LogP contribution in [-0.4, -0.2) is 9.78 Å². The van der Waals surface area contributed by atoms with Crippen LogP contribution in [0.4, 0.5) is 13.2 Å². The number of hydrogen-bond acceptors (Lipinski definition) is 2. The molecule has 0 aliphatic rings. The van der Waals surface area contributed by atoms with E-state index in [4.69, 9.17) is 5.73 Å². The highest BCUT2D eigenvalue weighted by Crippen LogP contribution is 2.30. The number of hydrogen-bond donors (Lipinski definition) is 1. The van der Waals surface area contributed by atoms with Gasteiger partial charge in [0.1, 0.15) is 0 Å². The maximum Gasteiger partial charge on any atom is 0.419 e. The summed E-state index contributed by atoms with van der Waals surface area (Å²) in [4.78, 5) is 0. The Bertz CT molecular complexity index is 560. The Balaban J connectivity index is 2.45. The van der Waals surface area contributed by atoms with Crippen LogP contribution >= 0.6 is 0 Å². The van der Waals surface area contributed by atoms with Crippen molar-refractivity contribution in [3.05, 3.63) is 47.8 Å². The number of halogens is 3. The molecule has 102 valence electrons. The molecule has 1 aromatic carbocycles. The van der Waals surface area contributed by atoms with E-state index in [9.17, 15) is 13.2 Å². The first-order valence-corrected chi connectivity index (χ1v) is 5.90. The summed E-state index contributed by atoms with van der Waals surface area (Å²) in [6, 6.07) is 6.84. The predicted octanol–water partition coefficient (Wildman–Crippen LogP) is 3.30. The van der Waals surface area contributed by atoms with Crippen LogP contribution in [0.1, 0.15) is 30.5 Å². The molecule has 6 heteroatoms. The Labute approximate surface area is 108 Å². The van der Waals surface area contributed by atoms with Crippen molar-refractivity contribution in [1.82, 2.24) is 9.78 Å². The van der Waals surface area contributed by atoms with Gasteiger partial charge in [0.15, 0.2) is 0 Å². The molecule has 0 bridgehead atoms. The van der Waals surface area contributed by atoms with Crippen LogP contribution in [0.3, 0.4) is 0 Å². The molecule has 2 aromatic rings. The zero-order valence-electron chi connectivity index (χ0n) is 10.4. The van der Waals surface area contributed by atoms with Gasteiger partial charge in [-0.15, -0.1) is 0 Å². The third-order valence-electron chi connectivity index (χ3n) is 2.93. The molecule has 1 heterocycles. The summed E-state index contributed by atoms with van der Waals surface area (Å²) in [6.45, 7) is 1.92. The highest BCUT2D eigenvalue weighted by atomic mass is 19.4. The topological polar surface area (TPSA) is 43.8 Å². The average Bonchev–Trinajstić information content (AvgIpc) is 2.87. The number of alkyl halides is 3. The molecular formula is C13H14F3N3. The molecule has 3 nitrogen and oxygen atoms in total. The van der Waals surface area contributed by atoms with E-state index in [0.29, 0.717) is 12.1 Å². The van der Waals surface area contributed by atoms with Gasteiger partial charge in [0, 0.05) is 12.2 Å². The van der Waals surface area contributed by atoms with Crippen LogP contribution in [0.15, 0.2) is 36.7 Å². The van der Waals surface area contributed by atoms with Crippen molar-refractivity contribution >= 4 is 0 Å². The SMILES string of the molecule is CC[C@@H](N)c1ccccc1-n1cc(C(F)(F)F)cn1. The molecule has 0 saturated carbocycles. The molecule has 2 N–H and O–H groups in total. The molecule has 0 spiro atoms. The van der Waals surface area contributed by atoms with Gasteiger partial charge in [-0.25, -0.2) is 4.68 Å². The first-order chi connectivity index (χ1) is 8.93. The first-order valence-electron chi connectivity index (χ1n) is 5.90. The molecule has 19 heavy (non-hydrogen) atoms. The Morgan fingerprint density at radius 2 is 2.00 bits per heavy atom. The second-order valence-electron chi connectivity index (χ2n) is 4.24. The molecule has 0 radical (unpaired) electrons. The van der Waals surface area contributed by atoms with Crippen molar-refractivity contribution < 1.29 is 13.2 Å². The van der Waals surface area contributed by atoms with Crippen molar-refractivity contribution in [2.75, 3.05) is 0 Å². The van der Waals surface area contributed by atoms with Gasteiger partial charge in [-0.1, -0.05) is 25.1 Å². The zero-order valence-corrected chi connectivity index (χ0v) is 10.4. The molecule has 1 aromatic heterocycles. The number of rotatable bonds is 3. The molecule has 0 aliphatic heterocycles. The van der Waals surface area contributed by atoms with Crippen LogP contribution in [0.2, 0.25) is 0 Å². The Morgan fingerprint density at radius 1 is 1.32 bits per heavy atom. The summed E-state index contributed by atoms with van der Waals surface area (Å²) in [5.74, 6) is 0. The van der Waals surface area contributed by atoms with E-state index in [0.717, 1.165) is 18.0 Å².